The molecule has 0 radical (unpaired) electrons. The average molecular weight is 428 g/mol. The molecule has 1 saturated heterocycles. The number of nitrogens with zero attached hydrogens (tertiary/aromatic N) is 1. The highest BCUT2D eigenvalue weighted by Crippen LogP contribution is 2.38. The summed E-state index contributed by atoms with van der Waals surface area (Å²) in [5.74, 6) is -0.544. The van der Waals surface area contributed by atoms with E-state index in [1.54, 1.807) is 12.1 Å². The number of sulfonamides is 1. The van der Waals surface area contributed by atoms with Crippen molar-refractivity contribution in [2.24, 2.45) is 5.92 Å². The highest BCUT2D eigenvalue weighted by molar-refractivity contribution is 7.88. The topological polar surface area (TPSA) is 113 Å². The molecular formula is C18H25N3O5S2. The molecule has 8 nitrogen and oxygen atoms in total. The van der Waals surface area contributed by atoms with E-state index in [0.29, 0.717) is 17.7 Å². The molecule has 3 rings (SSSR count). The van der Waals surface area contributed by atoms with Crippen LogP contribution in [0.15, 0.2) is 12.1 Å². The first kappa shape index (κ1) is 20.9. The maximum absolute atomic E-state index is 12.9. The number of carbonyl (C=O) groups is 3. The molecule has 1 saturated carbocycles. The maximum Gasteiger partial charge on any atom is 0.325 e. The molecule has 0 bridgehead atoms. The van der Waals surface area contributed by atoms with Gasteiger partial charge in [0.15, 0.2) is 5.78 Å². The number of thiophene rings is 1. The second-order valence-electron chi connectivity index (χ2n) is 7.55. The van der Waals surface area contributed by atoms with Gasteiger partial charge in [0.1, 0.15) is 5.54 Å². The monoisotopic (exact) mass is 427 g/mol. The smallest absolute Gasteiger partial charge is 0.323 e. The van der Waals surface area contributed by atoms with E-state index in [1.165, 1.54) is 11.3 Å². The summed E-state index contributed by atoms with van der Waals surface area (Å²) in [6.07, 6.45) is 4.97. The van der Waals surface area contributed by atoms with Crippen LogP contribution in [0.1, 0.15) is 47.2 Å². The van der Waals surface area contributed by atoms with Crippen molar-refractivity contribution in [3.05, 3.63) is 21.9 Å². The average Bonchev–Trinajstić information content (AvgIpc) is 3.16. The Bertz CT molecular complexity index is 895. The predicted octanol–water partition coefficient (Wildman–Crippen LogP) is 1.52. The van der Waals surface area contributed by atoms with Crippen molar-refractivity contribution in [1.29, 1.82) is 0 Å². The SMILES string of the molecule is C[C@@H]1CCCC[C@]12NC(=O)N(CC(=O)c1ccc(CCNS(C)(=O)=O)s1)C2=O. The molecule has 1 aliphatic carbocycles. The van der Waals surface area contributed by atoms with Crippen molar-refractivity contribution in [1.82, 2.24) is 14.9 Å². The Morgan fingerprint density at radius 1 is 1.36 bits per heavy atom. The zero-order valence-electron chi connectivity index (χ0n) is 16.0. The lowest BCUT2D eigenvalue weighted by Crippen LogP contribution is -2.54. The fourth-order valence-corrected chi connectivity index (χ4v) is 5.29. The molecule has 2 atom stereocenters. The van der Waals surface area contributed by atoms with Crippen LogP contribution in [0.5, 0.6) is 0 Å². The van der Waals surface area contributed by atoms with E-state index in [9.17, 15) is 22.8 Å². The molecule has 0 unspecified atom stereocenters. The zero-order valence-corrected chi connectivity index (χ0v) is 17.6. The lowest BCUT2D eigenvalue weighted by atomic mass is 9.73. The molecule has 1 spiro atoms. The number of Topliss-reactive ketones (excluding diaryl/α,β-unsaturated/α-hetero) is 1. The van der Waals surface area contributed by atoms with Gasteiger partial charge >= 0.3 is 6.03 Å². The normalized spacial score (nSPS) is 25.4. The molecule has 10 heteroatoms. The van der Waals surface area contributed by atoms with Gasteiger partial charge in [0, 0.05) is 11.4 Å². The molecule has 154 valence electrons. The van der Waals surface area contributed by atoms with Crippen LogP contribution < -0.4 is 10.0 Å². The minimum absolute atomic E-state index is 0.0495. The fraction of sp³-hybridized carbons (Fsp3) is 0.611. The Hall–Kier alpha value is -1.78. The first-order valence-corrected chi connectivity index (χ1v) is 12.0. The van der Waals surface area contributed by atoms with Crippen LogP contribution in [0.4, 0.5) is 4.79 Å². The van der Waals surface area contributed by atoms with Crippen LogP contribution in [0.3, 0.4) is 0 Å². The van der Waals surface area contributed by atoms with E-state index in [2.05, 4.69) is 10.0 Å². The Labute approximate surface area is 168 Å². The molecule has 2 N–H and O–H groups in total. The number of hydrogen-bond acceptors (Lipinski definition) is 6. The lowest BCUT2D eigenvalue weighted by Gasteiger charge is -2.36. The van der Waals surface area contributed by atoms with Crippen LogP contribution in [-0.4, -0.2) is 55.9 Å². The van der Waals surface area contributed by atoms with E-state index in [0.717, 1.165) is 35.3 Å². The van der Waals surface area contributed by atoms with Gasteiger partial charge in [-0.25, -0.2) is 17.9 Å². The number of amides is 3. The number of imide groups is 1. The molecular weight excluding hydrogens is 402 g/mol. The van der Waals surface area contributed by atoms with Crippen molar-refractivity contribution >= 4 is 39.1 Å². The summed E-state index contributed by atoms with van der Waals surface area (Å²) in [5.41, 5.74) is -0.868. The van der Waals surface area contributed by atoms with E-state index in [4.69, 9.17) is 0 Å². The number of hydrogen-bond donors (Lipinski definition) is 2. The van der Waals surface area contributed by atoms with Crippen molar-refractivity contribution in [3.8, 4) is 0 Å². The number of ketones is 1. The Morgan fingerprint density at radius 2 is 2.11 bits per heavy atom. The summed E-state index contributed by atoms with van der Waals surface area (Å²) in [4.78, 5) is 40.3. The summed E-state index contributed by atoms with van der Waals surface area (Å²) >= 11 is 1.25. The molecule has 28 heavy (non-hydrogen) atoms. The Kier molecular flexibility index (Phi) is 5.92. The summed E-state index contributed by atoms with van der Waals surface area (Å²) in [5, 5.41) is 2.85. The first-order chi connectivity index (χ1) is 13.1. The van der Waals surface area contributed by atoms with Gasteiger partial charge in [-0.2, -0.15) is 0 Å². The van der Waals surface area contributed by atoms with Gasteiger partial charge in [-0.3, -0.25) is 14.5 Å². The van der Waals surface area contributed by atoms with Gasteiger partial charge in [-0.1, -0.05) is 19.8 Å². The van der Waals surface area contributed by atoms with Crippen molar-refractivity contribution < 1.29 is 22.8 Å². The van der Waals surface area contributed by atoms with Crippen LogP contribution in [0.25, 0.3) is 0 Å². The quantitative estimate of drug-likeness (QED) is 0.506. The van der Waals surface area contributed by atoms with Crippen molar-refractivity contribution in [3.63, 3.8) is 0 Å². The summed E-state index contributed by atoms with van der Waals surface area (Å²) in [6, 6.07) is 2.92. The van der Waals surface area contributed by atoms with Crippen LogP contribution in [0, 0.1) is 5.92 Å². The van der Waals surface area contributed by atoms with Gasteiger partial charge in [-0.15, -0.1) is 11.3 Å². The maximum atomic E-state index is 12.9. The fourth-order valence-electron chi connectivity index (χ4n) is 3.88. The van der Waals surface area contributed by atoms with Crippen molar-refractivity contribution in [2.45, 2.75) is 44.6 Å². The molecule has 0 aromatic carbocycles. The highest BCUT2D eigenvalue weighted by atomic mass is 32.2. The molecule has 2 heterocycles. The van der Waals surface area contributed by atoms with Crippen LogP contribution >= 0.6 is 11.3 Å². The molecule has 3 amide bonds. The second kappa shape index (κ2) is 7.92. The van der Waals surface area contributed by atoms with Gasteiger partial charge < -0.3 is 5.32 Å². The van der Waals surface area contributed by atoms with E-state index < -0.39 is 21.6 Å². The van der Waals surface area contributed by atoms with E-state index in [-0.39, 0.29) is 30.7 Å². The molecule has 1 aromatic heterocycles. The minimum atomic E-state index is -3.25. The first-order valence-electron chi connectivity index (χ1n) is 9.33. The van der Waals surface area contributed by atoms with Gasteiger partial charge in [-0.05, 0) is 37.3 Å². The lowest BCUT2D eigenvalue weighted by molar-refractivity contribution is -0.133. The third-order valence-corrected chi connectivity index (χ3v) is 7.39. The predicted molar refractivity (Wildman–Crippen MR) is 106 cm³/mol. The summed E-state index contributed by atoms with van der Waals surface area (Å²) in [6.45, 7) is 1.94. The van der Waals surface area contributed by atoms with Gasteiger partial charge in [0.2, 0.25) is 10.0 Å². The minimum Gasteiger partial charge on any atom is -0.323 e. The molecule has 1 aromatic rings. The summed E-state index contributed by atoms with van der Waals surface area (Å²) in [7, 11) is -3.25. The number of carbonyl (C=O) groups excluding carboxylic acids is 3. The Balaban J connectivity index is 1.63. The zero-order chi connectivity index (χ0) is 20.5. The molecule has 2 aliphatic rings. The number of urea groups is 1. The van der Waals surface area contributed by atoms with Crippen LogP contribution in [-0.2, 0) is 21.2 Å². The van der Waals surface area contributed by atoms with Gasteiger partial charge in [0.25, 0.3) is 5.91 Å². The number of nitrogens with one attached hydrogen (secondary N) is 2. The standard InChI is InChI=1S/C18H25N3O5S2/c1-12-5-3-4-9-18(12)16(23)21(17(24)20-18)11-14(22)15-7-6-13(27-15)8-10-19-28(2,25)26/h6-7,12,19H,3-5,8-11H2,1-2H3,(H,20,24)/t12-,18+/m1/s1. The number of rotatable bonds is 7. The third kappa shape index (κ3) is 4.28. The third-order valence-electron chi connectivity index (χ3n) is 5.48. The summed E-state index contributed by atoms with van der Waals surface area (Å²) < 4.78 is 24.6. The van der Waals surface area contributed by atoms with Crippen LogP contribution in [0.2, 0.25) is 0 Å². The largest absolute Gasteiger partial charge is 0.325 e. The van der Waals surface area contributed by atoms with Gasteiger partial charge in [0.05, 0.1) is 17.7 Å². The second-order valence-corrected chi connectivity index (χ2v) is 10.5. The Morgan fingerprint density at radius 3 is 2.79 bits per heavy atom. The highest BCUT2D eigenvalue weighted by Gasteiger charge is 2.55. The van der Waals surface area contributed by atoms with Crippen molar-refractivity contribution in [2.75, 3.05) is 19.3 Å². The molecule has 2 fully saturated rings. The van der Waals surface area contributed by atoms with E-state index in [1.807, 2.05) is 6.92 Å². The van der Waals surface area contributed by atoms with E-state index >= 15 is 0 Å². The molecule has 1 aliphatic heterocycles.